The van der Waals surface area contributed by atoms with E-state index in [9.17, 15) is 0 Å². The van der Waals surface area contributed by atoms with Gasteiger partial charge >= 0.3 is 0 Å². The van der Waals surface area contributed by atoms with E-state index in [1.165, 1.54) is 99.4 Å². The molecule has 0 heterocycles. The molecule has 0 fully saturated rings. The van der Waals surface area contributed by atoms with Crippen molar-refractivity contribution in [1.29, 1.82) is 0 Å². The van der Waals surface area contributed by atoms with Crippen LogP contribution in [0.15, 0.2) is 212 Å². The highest BCUT2D eigenvalue weighted by atomic mass is 15.1. The lowest BCUT2D eigenvalue weighted by Gasteiger charge is -2.31. The second kappa shape index (κ2) is 14.0. The van der Waals surface area contributed by atoms with Crippen molar-refractivity contribution in [2.75, 3.05) is 4.90 Å². The molecule has 1 heteroatoms. The maximum Gasteiger partial charge on any atom is 0.0540 e. The van der Waals surface area contributed by atoms with Crippen LogP contribution in [0.3, 0.4) is 0 Å². The molecule has 0 aliphatic heterocycles. The molecule has 1 nitrogen and oxygen atoms in total. The summed E-state index contributed by atoms with van der Waals surface area (Å²) in [5, 5.41) is 5.03. The normalized spacial score (nSPS) is 14.0. The monoisotopic (exact) mass is 805 g/mol. The second-order valence-electron chi connectivity index (χ2n) is 18.4. The van der Waals surface area contributed by atoms with Crippen LogP contribution in [0.25, 0.3) is 77.2 Å². The Kier molecular flexibility index (Phi) is 8.30. The van der Waals surface area contributed by atoms with E-state index < -0.39 is 0 Å². The van der Waals surface area contributed by atoms with Gasteiger partial charge in [0, 0.05) is 27.6 Å². The molecule has 0 aromatic heterocycles. The lowest BCUT2D eigenvalue weighted by Crippen LogP contribution is -2.17. The highest BCUT2D eigenvalue weighted by molar-refractivity contribution is 6.13. The highest BCUT2D eigenvalue weighted by Gasteiger charge is 2.38. The first kappa shape index (κ1) is 37.3. The van der Waals surface area contributed by atoms with Gasteiger partial charge < -0.3 is 4.90 Å². The average molecular weight is 806 g/mol. The van der Waals surface area contributed by atoms with Gasteiger partial charge in [0.05, 0.1) is 11.4 Å². The molecule has 10 aromatic rings. The van der Waals surface area contributed by atoms with Crippen LogP contribution in [0.5, 0.6) is 0 Å². The lowest BCUT2D eigenvalue weighted by molar-refractivity contribution is 0.660. The quantitative estimate of drug-likeness (QED) is 0.151. The van der Waals surface area contributed by atoms with E-state index in [4.69, 9.17) is 0 Å². The Morgan fingerprint density at radius 2 is 0.794 bits per heavy atom. The fraction of sp³-hybridized carbons (Fsp3) is 0.0968. The Hall–Kier alpha value is -7.48. The van der Waals surface area contributed by atoms with Gasteiger partial charge in [-0.2, -0.15) is 0 Å². The van der Waals surface area contributed by atoms with Crippen LogP contribution in [-0.4, -0.2) is 0 Å². The minimum atomic E-state index is -0.169. The van der Waals surface area contributed by atoms with Crippen LogP contribution in [0.4, 0.5) is 17.1 Å². The van der Waals surface area contributed by atoms with Gasteiger partial charge in [-0.25, -0.2) is 0 Å². The van der Waals surface area contributed by atoms with Gasteiger partial charge in [0.25, 0.3) is 0 Å². The molecule has 300 valence electrons. The summed E-state index contributed by atoms with van der Waals surface area (Å²) in [7, 11) is 0. The third kappa shape index (κ3) is 5.62. The Morgan fingerprint density at radius 1 is 0.302 bits per heavy atom. The van der Waals surface area contributed by atoms with Crippen molar-refractivity contribution in [2.45, 2.75) is 38.5 Å². The minimum Gasteiger partial charge on any atom is -0.309 e. The number of hydrogen-bond acceptors (Lipinski definition) is 1. The SMILES string of the molecule is CC1(C)c2ccccc2-c2ccc(-c3ccc(N(c4ccccc4-c4cccc5c4C(C)(C)c4ccccc4-5)c4ccccc4-c4cccc5c4ccc4ccccc45)cc3)cc21. The average Bonchev–Trinajstić information content (AvgIpc) is 3.71. The summed E-state index contributed by atoms with van der Waals surface area (Å²) in [4.78, 5) is 2.51. The summed E-state index contributed by atoms with van der Waals surface area (Å²) in [6.45, 7) is 9.49. The Morgan fingerprint density at radius 3 is 1.52 bits per heavy atom. The third-order valence-electron chi connectivity index (χ3n) is 14.3. The van der Waals surface area contributed by atoms with E-state index in [0.29, 0.717) is 0 Å². The van der Waals surface area contributed by atoms with Crippen molar-refractivity contribution >= 4 is 38.6 Å². The first-order valence-electron chi connectivity index (χ1n) is 22.3. The molecule has 0 saturated heterocycles. The van der Waals surface area contributed by atoms with Crippen molar-refractivity contribution in [3.05, 3.63) is 235 Å². The smallest absolute Gasteiger partial charge is 0.0540 e. The second-order valence-corrected chi connectivity index (χ2v) is 18.4. The fourth-order valence-corrected chi connectivity index (χ4v) is 11.2. The molecule has 2 aliphatic rings. The van der Waals surface area contributed by atoms with Crippen molar-refractivity contribution < 1.29 is 0 Å². The van der Waals surface area contributed by atoms with Gasteiger partial charge in [0.15, 0.2) is 0 Å². The number of nitrogens with zero attached hydrogens (tertiary/aromatic N) is 1. The number of anilines is 3. The molecule has 0 radical (unpaired) electrons. The van der Waals surface area contributed by atoms with Crippen LogP contribution >= 0.6 is 0 Å². The third-order valence-corrected chi connectivity index (χ3v) is 14.3. The molecule has 10 aromatic carbocycles. The van der Waals surface area contributed by atoms with Crippen molar-refractivity contribution in [3.63, 3.8) is 0 Å². The van der Waals surface area contributed by atoms with E-state index in [0.717, 1.165) is 17.1 Å². The van der Waals surface area contributed by atoms with Crippen molar-refractivity contribution in [3.8, 4) is 55.6 Å². The zero-order valence-corrected chi connectivity index (χ0v) is 36.2. The van der Waals surface area contributed by atoms with Gasteiger partial charge in [0.2, 0.25) is 0 Å². The number of rotatable bonds is 6. The Bertz CT molecular complexity index is 3460. The van der Waals surface area contributed by atoms with Gasteiger partial charge in [-0.05, 0) is 119 Å². The van der Waals surface area contributed by atoms with E-state index in [2.05, 4.69) is 245 Å². The summed E-state index contributed by atoms with van der Waals surface area (Å²) >= 11 is 0. The molecule has 0 bridgehead atoms. The van der Waals surface area contributed by atoms with Gasteiger partial charge in [-0.15, -0.1) is 0 Å². The predicted octanol–water partition coefficient (Wildman–Crippen LogP) is 17.1. The molecular formula is C62H47N. The standard InChI is InChI=1S/C62H47N/c1-61(2)55-27-11-7-19-48(55)50-38-34-42(39-57(50)61)40-31-35-43(36-32-40)63(58-29-13-9-21-51(58)46-24-15-23-45-44-18-6-5-17-41(44)33-37-47(45)46)59-30-14-10-22-52(59)54-26-16-25-53-49-20-8-12-28-56(49)62(3,4)60(53)54/h5-39H,1-4H3. The minimum absolute atomic E-state index is 0.0620. The molecule has 0 atom stereocenters. The van der Waals surface area contributed by atoms with Crippen LogP contribution in [0.2, 0.25) is 0 Å². The summed E-state index contributed by atoms with van der Waals surface area (Å²) < 4.78 is 0. The van der Waals surface area contributed by atoms with Crippen LogP contribution in [-0.2, 0) is 10.8 Å². The topological polar surface area (TPSA) is 3.24 Å². The van der Waals surface area contributed by atoms with Crippen LogP contribution < -0.4 is 4.90 Å². The molecule has 63 heavy (non-hydrogen) atoms. The fourth-order valence-electron chi connectivity index (χ4n) is 11.2. The van der Waals surface area contributed by atoms with Gasteiger partial charge in [-0.1, -0.05) is 210 Å². The number of para-hydroxylation sites is 2. The van der Waals surface area contributed by atoms with E-state index >= 15 is 0 Å². The summed E-state index contributed by atoms with van der Waals surface area (Å²) in [5.74, 6) is 0. The molecule has 0 unspecified atom stereocenters. The molecule has 12 rings (SSSR count). The predicted molar refractivity (Wildman–Crippen MR) is 268 cm³/mol. The zero-order valence-electron chi connectivity index (χ0n) is 36.2. The van der Waals surface area contributed by atoms with Crippen LogP contribution in [0.1, 0.15) is 49.9 Å². The maximum absolute atomic E-state index is 2.51. The maximum atomic E-state index is 2.51. The first-order chi connectivity index (χ1) is 30.8. The molecule has 0 amide bonds. The van der Waals surface area contributed by atoms with Gasteiger partial charge in [0.1, 0.15) is 0 Å². The summed E-state index contributed by atoms with van der Waals surface area (Å²) in [6.07, 6.45) is 0. The van der Waals surface area contributed by atoms with Crippen molar-refractivity contribution in [2.24, 2.45) is 0 Å². The Labute approximate surface area is 370 Å². The van der Waals surface area contributed by atoms with Crippen LogP contribution in [0, 0.1) is 0 Å². The van der Waals surface area contributed by atoms with E-state index in [1.807, 2.05) is 0 Å². The number of fused-ring (bicyclic) bond motifs is 9. The first-order valence-corrected chi connectivity index (χ1v) is 22.3. The largest absolute Gasteiger partial charge is 0.309 e. The van der Waals surface area contributed by atoms with Crippen molar-refractivity contribution in [1.82, 2.24) is 0 Å². The molecular weight excluding hydrogens is 759 g/mol. The van der Waals surface area contributed by atoms with E-state index in [-0.39, 0.29) is 10.8 Å². The van der Waals surface area contributed by atoms with E-state index in [1.54, 1.807) is 0 Å². The van der Waals surface area contributed by atoms with Gasteiger partial charge in [-0.3, -0.25) is 0 Å². The molecule has 0 saturated carbocycles. The summed E-state index contributed by atoms with van der Waals surface area (Å²) in [5.41, 5.74) is 21.3. The molecule has 0 spiro atoms. The molecule has 2 aliphatic carbocycles. The highest BCUT2D eigenvalue weighted by Crippen LogP contribution is 2.55. The number of benzene rings is 10. The number of hydrogen-bond donors (Lipinski definition) is 0. The Balaban J connectivity index is 1.06. The lowest BCUT2D eigenvalue weighted by atomic mass is 9.78. The summed E-state index contributed by atoms with van der Waals surface area (Å²) in [6, 6.07) is 79.1. The zero-order chi connectivity index (χ0) is 42.5. The molecule has 0 N–H and O–H groups in total.